The maximum Gasteiger partial charge on any atom is 0.393 e. The van der Waals surface area contributed by atoms with Crippen molar-refractivity contribution in [3.63, 3.8) is 0 Å². The molecule has 1 unspecified atom stereocenters. The lowest BCUT2D eigenvalue weighted by Gasteiger charge is -2.32. The highest BCUT2D eigenvalue weighted by Crippen LogP contribution is 2.35. The number of nitrogens with one attached hydrogen (secondary N) is 1. The van der Waals surface area contributed by atoms with Crippen LogP contribution >= 0.6 is 0 Å². The van der Waals surface area contributed by atoms with Gasteiger partial charge in [-0.2, -0.15) is 17.5 Å². The molecule has 0 saturated carbocycles. The molecule has 0 aliphatic carbocycles. The predicted octanol–water partition coefficient (Wildman–Crippen LogP) is 2.09. The Morgan fingerprint density at radius 3 is 2.76 bits per heavy atom. The molecule has 21 heavy (non-hydrogen) atoms. The van der Waals surface area contributed by atoms with Crippen molar-refractivity contribution < 1.29 is 21.6 Å². The number of hydrogen-bond acceptors (Lipinski definition) is 4. The van der Waals surface area contributed by atoms with Crippen molar-refractivity contribution in [1.29, 1.82) is 0 Å². The first kappa shape index (κ1) is 16.0. The quantitative estimate of drug-likeness (QED) is 0.925. The minimum Gasteiger partial charge on any atom is -0.386 e. The van der Waals surface area contributed by atoms with Crippen LogP contribution in [0.25, 0.3) is 0 Å². The second-order valence-corrected chi connectivity index (χ2v) is 6.70. The highest BCUT2D eigenvalue weighted by Gasteiger charge is 2.44. The molecule has 118 valence electrons. The van der Waals surface area contributed by atoms with Gasteiger partial charge in [0.25, 0.3) is 10.0 Å². The van der Waals surface area contributed by atoms with Crippen molar-refractivity contribution in [3.8, 4) is 0 Å². The summed E-state index contributed by atoms with van der Waals surface area (Å²) in [5.74, 6) is -1.62. The number of alkyl halides is 3. The maximum atomic E-state index is 12.8. The minimum absolute atomic E-state index is 0.0450. The van der Waals surface area contributed by atoms with Crippen LogP contribution in [0.3, 0.4) is 0 Å². The average Bonchev–Trinajstić information content (AvgIpc) is 2.46. The van der Waals surface area contributed by atoms with Crippen LogP contribution in [-0.2, 0) is 10.0 Å². The number of hydrogen-bond donors (Lipinski definition) is 1. The Morgan fingerprint density at radius 2 is 2.14 bits per heavy atom. The highest BCUT2D eigenvalue weighted by molar-refractivity contribution is 7.89. The van der Waals surface area contributed by atoms with Gasteiger partial charge in [0.15, 0.2) is 5.03 Å². The van der Waals surface area contributed by atoms with Crippen molar-refractivity contribution in [2.45, 2.75) is 24.0 Å². The number of pyridine rings is 1. The van der Waals surface area contributed by atoms with Gasteiger partial charge in [-0.05, 0) is 25.0 Å². The molecule has 1 aromatic heterocycles. The number of anilines is 1. The summed E-state index contributed by atoms with van der Waals surface area (Å²) in [6, 6.07) is 3.07. The summed E-state index contributed by atoms with van der Waals surface area (Å²) >= 11 is 0. The largest absolute Gasteiger partial charge is 0.393 e. The molecule has 5 nitrogen and oxygen atoms in total. The highest BCUT2D eigenvalue weighted by atomic mass is 32.2. The molecule has 0 amide bonds. The molecular formula is C12H16F3N3O2S. The molecule has 1 aliphatic heterocycles. The van der Waals surface area contributed by atoms with Gasteiger partial charge in [-0.1, -0.05) is 0 Å². The van der Waals surface area contributed by atoms with Crippen LogP contribution in [0.4, 0.5) is 18.9 Å². The van der Waals surface area contributed by atoms with Crippen LogP contribution in [0.15, 0.2) is 23.4 Å². The number of nitrogens with zero attached hydrogens (tertiary/aromatic N) is 2. The lowest BCUT2D eigenvalue weighted by Crippen LogP contribution is -2.44. The lowest BCUT2D eigenvalue weighted by atomic mass is 9.99. The van der Waals surface area contributed by atoms with Crippen molar-refractivity contribution in [1.82, 2.24) is 9.29 Å². The van der Waals surface area contributed by atoms with Gasteiger partial charge in [-0.15, -0.1) is 0 Å². The van der Waals surface area contributed by atoms with E-state index >= 15 is 0 Å². The third-order valence-electron chi connectivity index (χ3n) is 3.47. The standard InChI is InChI=1S/C12H16F3N3O2S/c1-16-10-5-2-6-17-11(10)21(19,20)18-7-3-4-9(8-18)12(13,14)15/h2,5-6,9,16H,3-4,7-8H2,1H3. The van der Waals surface area contributed by atoms with Crippen LogP contribution in [-0.4, -0.2) is 44.0 Å². The fourth-order valence-electron chi connectivity index (χ4n) is 2.34. The molecule has 9 heteroatoms. The molecule has 0 radical (unpaired) electrons. The summed E-state index contributed by atoms with van der Waals surface area (Å²) in [7, 11) is -2.51. The fourth-order valence-corrected chi connectivity index (χ4v) is 3.97. The third kappa shape index (κ3) is 3.29. The van der Waals surface area contributed by atoms with Crippen LogP contribution in [0.2, 0.25) is 0 Å². The van der Waals surface area contributed by atoms with E-state index in [9.17, 15) is 21.6 Å². The van der Waals surface area contributed by atoms with Crippen LogP contribution in [0, 0.1) is 5.92 Å². The first-order valence-corrected chi connectivity index (χ1v) is 7.90. The number of sulfonamides is 1. The zero-order valence-electron chi connectivity index (χ0n) is 11.4. The average molecular weight is 323 g/mol. The Balaban J connectivity index is 2.31. The van der Waals surface area contributed by atoms with Gasteiger partial charge in [-0.25, -0.2) is 13.4 Å². The summed E-state index contributed by atoms with van der Waals surface area (Å²) in [6.45, 7) is -0.472. The summed E-state index contributed by atoms with van der Waals surface area (Å²) in [6.07, 6.45) is -2.94. The van der Waals surface area contributed by atoms with Crippen LogP contribution in [0.1, 0.15) is 12.8 Å². The summed E-state index contributed by atoms with van der Waals surface area (Å²) < 4.78 is 64.3. The van der Waals surface area contributed by atoms with Gasteiger partial charge in [0, 0.05) is 26.3 Å². The van der Waals surface area contributed by atoms with E-state index < -0.39 is 28.7 Å². The molecule has 0 spiro atoms. The predicted molar refractivity (Wildman–Crippen MR) is 71.3 cm³/mol. The molecule has 0 aromatic carbocycles. The molecule has 2 rings (SSSR count). The molecule has 1 N–H and O–H groups in total. The number of rotatable bonds is 3. The second kappa shape index (κ2) is 5.80. The molecule has 1 aliphatic rings. The zero-order chi connectivity index (χ0) is 15.7. The van der Waals surface area contributed by atoms with Crippen molar-refractivity contribution >= 4 is 15.7 Å². The minimum atomic E-state index is -4.38. The molecule has 1 aromatic rings. The monoisotopic (exact) mass is 323 g/mol. The Kier molecular flexibility index (Phi) is 4.43. The number of piperidine rings is 1. The second-order valence-electron chi connectivity index (χ2n) is 4.85. The van der Waals surface area contributed by atoms with Gasteiger partial charge >= 0.3 is 6.18 Å². The number of aromatic nitrogens is 1. The lowest BCUT2D eigenvalue weighted by molar-refractivity contribution is -0.182. The van der Waals surface area contributed by atoms with E-state index in [1.165, 1.54) is 19.3 Å². The van der Waals surface area contributed by atoms with Gasteiger partial charge < -0.3 is 5.32 Å². The van der Waals surface area contributed by atoms with Crippen molar-refractivity contribution in [2.75, 3.05) is 25.5 Å². The van der Waals surface area contributed by atoms with Crippen molar-refractivity contribution in [3.05, 3.63) is 18.3 Å². The SMILES string of the molecule is CNc1cccnc1S(=O)(=O)N1CCCC(C(F)(F)F)C1. The van der Waals surface area contributed by atoms with Gasteiger partial charge in [0.2, 0.25) is 0 Å². The number of halogens is 3. The molecule has 1 saturated heterocycles. The van der Waals surface area contributed by atoms with Gasteiger partial charge in [0.05, 0.1) is 11.6 Å². The third-order valence-corrected chi connectivity index (χ3v) is 5.30. The summed E-state index contributed by atoms with van der Waals surface area (Å²) in [5.41, 5.74) is 0.270. The van der Waals surface area contributed by atoms with Gasteiger partial charge in [0.1, 0.15) is 0 Å². The van der Waals surface area contributed by atoms with Crippen molar-refractivity contribution in [2.24, 2.45) is 5.92 Å². The topological polar surface area (TPSA) is 62.3 Å². The molecule has 1 atom stereocenters. The maximum absolute atomic E-state index is 12.8. The van der Waals surface area contributed by atoms with E-state index in [-0.39, 0.29) is 30.1 Å². The molecule has 1 fully saturated rings. The van der Waals surface area contributed by atoms with E-state index in [4.69, 9.17) is 0 Å². The first-order valence-electron chi connectivity index (χ1n) is 6.46. The van der Waals surface area contributed by atoms with E-state index in [0.29, 0.717) is 0 Å². The summed E-state index contributed by atoms with van der Waals surface area (Å²) in [5, 5.41) is 2.45. The van der Waals surface area contributed by atoms with Crippen LogP contribution in [0.5, 0.6) is 0 Å². The first-order chi connectivity index (χ1) is 9.76. The van der Waals surface area contributed by atoms with Crippen LogP contribution < -0.4 is 5.32 Å². The Morgan fingerprint density at radius 1 is 1.43 bits per heavy atom. The molecule has 2 heterocycles. The Labute approximate surface area is 121 Å². The Hall–Kier alpha value is -1.35. The fraction of sp³-hybridized carbons (Fsp3) is 0.583. The normalized spacial score (nSPS) is 21.2. The van der Waals surface area contributed by atoms with E-state index in [1.54, 1.807) is 6.07 Å². The van der Waals surface area contributed by atoms with E-state index in [2.05, 4.69) is 10.3 Å². The van der Waals surface area contributed by atoms with E-state index in [0.717, 1.165) is 4.31 Å². The smallest absolute Gasteiger partial charge is 0.386 e. The Bertz CT molecular complexity index is 604. The zero-order valence-corrected chi connectivity index (χ0v) is 12.2. The van der Waals surface area contributed by atoms with Gasteiger partial charge in [-0.3, -0.25) is 0 Å². The summed E-state index contributed by atoms with van der Waals surface area (Å²) in [4.78, 5) is 3.81. The molecular weight excluding hydrogens is 307 g/mol. The molecule has 0 bridgehead atoms. The van der Waals surface area contributed by atoms with E-state index in [1.807, 2.05) is 0 Å².